The lowest BCUT2D eigenvalue weighted by atomic mass is 9.96. The Morgan fingerprint density at radius 1 is 1.16 bits per heavy atom. The number of H-pyrrole nitrogens is 1. The predicted octanol–water partition coefficient (Wildman–Crippen LogP) is 4.37. The van der Waals surface area contributed by atoms with Crippen molar-refractivity contribution in [1.82, 2.24) is 10.3 Å². The largest absolute Gasteiger partial charge is 0.508 e. The van der Waals surface area contributed by atoms with Gasteiger partial charge >= 0.3 is 0 Å². The molecule has 0 aliphatic heterocycles. The molecule has 4 heteroatoms. The highest BCUT2D eigenvalue weighted by atomic mass is 16.3. The van der Waals surface area contributed by atoms with Crippen LogP contribution in [0.3, 0.4) is 0 Å². The topological polar surface area (TPSA) is 65.1 Å². The fourth-order valence-corrected chi connectivity index (χ4v) is 3.57. The quantitative estimate of drug-likeness (QED) is 0.663. The zero-order valence-corrected chi connectivity index (χ0v) is 14.5. The van der Waals surface area contributed by atoms with E-state index in [-0.39, 0.29) is 17.7 Å². The summed E-state index contributed by atoms with van der Waals surface area (Å²) in [5.41, 5.74) is 4.51. The summed E-state index contributed by atoms with van der Waals surface area (Å²) in [5, 5.41) is 14.5. The molecule has 1 unspecified atom stereocenters. The minimum Gasteiger partial charge on any atom is -0.508 e. The number of phenolic OH excluding ortho intramolecular Hbond substituents is 1. The number of aromatic hydroxyl groups is 1. The van der Waals surface area contributed by atoms with Crippen LogP contribution in [0, 0.1) is 19.8 Å². The van der Waals surface area contributed by atoms with E-state index in [9.17, 15) is 9.90 Å². The summed E-state index contributed by atoms with van der Waals surface area (Å²) in [5.74, 6) is 0.516. The van der Waals surface area contributed by atoms with Crippen molar-refractivity contribution >= 4 is 16.8 Å². The maximum atomic E-state index is 12.8. The Balaban J connectivity index is 1.66. The van der Waals surface area contributed by atoms with E-state index in [1.54, 1.807) is 6.07 Å². The second-order valence-corrected chi connectivity index (χ2v) is 7.02. The monoisotopic (exact) mass is 334 g/mol. The summed E-state index contributed by atoms with van der Waals surface area (Å²) in [7, 11) is 0. The van der Waals surface area contributed by atoms with Crippen LogP contribution in [-0.2, 0) is 0 Å². The van der Waals surface area contributed by atoms with Crippen LogP contribution in [0.25, 0.3) is 10.9 Å². The molecule has 1 aromatic heterocycles. The molecule has 25 heavy (non-hydrogen) atoms. The number of rotatable bonds is 4. The third-order valence-electron chi connectivity index (χ3n) is 5.10. The van der Waals surface area contributed by atoms with Crippen LogP contribution in [0.1, 0.15) is 46.1 Å². The van der Waals surface area contributed by atoms with Gasteiger partial charge < -0.3 is 15.4 Å². The molecule has 1 saturated carbocycles. The maximum Gasteiger partial charge on any atom is 0.268 e. The smallest absolute Gasteiger partial charge is 0.268 e. The van der Waals surface area contributed by atoms with Crippen molar-refractivity contribution in [2.24, 2.45) is 5.92 Å². The van der Waals surface area contributed by atoms with Gasteiger partial charge in [0.1, 0.15) is 11.4 Å². The molecule has 1 fully saturated rings. The van der Waals surface area contributed by atoms with Crippen LogP contribution in [0.4, 0.5) is 0 Å². The molecule has 0 radical (unpaired) electrons. The number of aromatic amines is 1. The van der Waals surface area contributed by atoms with E-state index in [4.69, 9.17) is 0 Å². The van der Waals surface area contributed by atoms with Crippen LogP contribution in [-0.4, -0.2) is 16.0 Å². The van der Waals surface area contributed by atoms with Gasteiger partial charge in [-0.15, -0.1) is 0 Å². The fourth-order valence-electron chi connectivity index (χ4n) is 3.57. The van der Waals surface area contributed by atoms with Crippen molar-refractivity contribution in [3.05, 3.63) is 64.8 Å². The first kappa shape index (κ1) is 15.8. The molecule has 0 bridgehead atoms. The lowest BCUT2D eigenvalue weighted by Crippen LogP contribution is -2.30. The maximum absolute atomic E-state index is 12.8. The number of aromatic nitrogens is 1. The molecule has 0 spiro atoms. The van der Waals surface area contributed by atoms with E-state index in [1.165, 1.54) is 0 Å². The number of para-hydroxylation sites is 1. The zero-order valence-electron chi connectivity index (χ0n) is 14.5. The first-order valence-corrected chi connectivity index (χ1v) is 8.72. The average molecular weight is 334 g/mol. The fraction of sp³-hybridized carbons (Fsp3) is 0.286. The second-order valence-electron chi connectivity index (χ2n) is 7.02. The molecule has 1 atom stereocenters. The third-order valence-corrected chi connectivity index (χ3v) is 5.10. The van der Waals surface area contributed by atoms with E-state index >= 15 is 0 Å². The van der Waals surface area contributed by atoms with E-state index < -0.39 is 0 Å². The summed E-state index contributed by atoms with van der Waals surface area (Å²) >= 11 is 0. The van der Waals surface area contributed by atoms with Crippen molar-refractivity contribution in [2.45, 2.75) is 32.7 Å². The number of nitrogens with one attached hydrogen (secondary N) is 2. The number of phenols is 1. The van der Waals surface area contributed by atoms with Crippen LogP contribution in [0.5, 0.6) is 5.75 Å². The Kier molecular flexibility index (Phi) is 3.75. The zero-order chi connectivity index (χ0) is 17.6. The van der Waals surface area contributed by atoms with Gasteiger partial charge in [0.2, 0.25) is 0 Å². The molecule has 3 N–H and O–H groups in total. The first-order valence-electron chi connectivity index (χ1n) is 8.72. The summed E-state index contributed by atoms with van der Waals surface area (Å²) in [4.78, 5) is 16.1. The number of fused-ring (bicyclic) bond motifs is 1. The Morgan fingerprint density at radius 3 is 2.56 bits per heavy atom. The highest BCUT2D eigenvalue weighted by Gasteiger charge is 2.36. The van der Waals surface area contributed by atoms with Crippen LogP contribution in [0.15, 0.2) is 42.5 Å². The minimum atomic E-state index is -0.152. The molecule has 1 amide bonds. The van der Waals surface area contributed by atoms with Crippen molar-refractivity contribution in [3.8, 4) is 5.75 Å². The summed E-state index contributed by atoms with van der Waals surface area (Å²) in [6.07, 6.45) is 2.15. The van der Waals surface area contributed by atoms with Gasteiger partial charge in [0.25, 0.3) is 5.91 Å². The average Bonchev–Trinajstić information content (AvgIpc) is 3.32. The number of hydrogen-bond donors (Lipinski definition) is 3. The summed E-state index contributed by atoms with van der Waals surface area (Å²) in [6.45, 7) is 4.00. The lowest BCUT2D eigenvalue weighted by Gasteiger charge is -2.21. The molecule has 3 aromatic rings. The molecule has 1 heterocycles. The molecular weight excluding hydrogens is 312 g/mol. The molecule has 0 saturated heterocycles. The molecule has 2 aromatic carbocycles. The van der Waals surface area contributed by atoms with E-state index in [2.05, 4.69) is 10.3 Å². The van der Waals surface area contributed by atoms with E-state index in [0.29, 0.717) is 11.6 Å². The van der Waals surface area contributed by atoms with E-state index in [0.717, 1.165) is 40.4 Å². The van der Waals surface area contributed by atoms with Gasteiger partial charge in [-0.2, -0.15) is 0 Å². The Morgan fingerprint density at radius 2 is 1.88 bits per heavy atom. The van der Waals surface area contributed by atoms with Crippen LogP contribution >= 0.6 is 0 Å². The standard InChI is InChI=1S/C21H22N2O2/c1-12-5-4-8-17(24)18(12)20(14-9-10-14)23-21(25)16-11-15-7-3-6-13(2)19(15)22-16/h3-8,11,14,20,22,24H,9-10H2,1-2H3,(H,23,25). The van der Waals surface area contributed by atoms with Crippen LogP contribution < -0.4 is 5.32 Å². The van der Waals surface area contributed by atoms with Gasteiger partial charge in [0.05, 0.1) is 6.04 Å². The molecular formula is C21H22N2O2. The highest BCUT2D eigenvalue weighted by Crippen LogP contribution is 2.44. The van der Waals surface area contributed by atoms with Gasteiger partial charge in [0.15, 0.2) is 0 Å². The van der Waals surface area contributed by atoms with Crippen molar-refractivity contribution in [2.75, 3.05) is 0 Å². The normalized spacial score (nSPS) is 15.3. The van der Waals surface area contributed by atoms with Gasteiger partial charge in [0, 0.05) is 16.5 Å². The van der Waals surface area contributed by atoms with Crippen molar-refractivity contribution in [1.29, 1.82) is 0 Å². The van der Waals surface area contributed by atoms with Gasteiger partial charge in [-0.05, 0) is 55.9 Å². The molecule has 1 aliphatic carbocycles. The number of amides is 1. The lowest BCUT2D eigenvalue weighted by molar-refractivity contribution is 0.0927. The number of carbonyl (C=O) groups is 1. The summed E-state index contributed by atoms with van der Waals surface area (Å²) < 4.78 is 0. The first-order chi connectivity index (χ1) is 12.0. The number of aryl methyl sites for hydroxylation is 2. The molecule has 4 rings (SSSR count). The van der Waals surface area contributed by atoms with Gasteiger partial charge in [-0.3, -0.25) is 4.79 Å². The molecule has 1 aliphatic rings. The minimum absolute atomic E-state index is 0.129. The number of carbonyl (C=O) groups excluding carboxylic acids is 1. The van der Waals surface area contributed by atoms with E-state index in [1.807, 2.05) is 50.2 Å². The Bertz CT molecular complexity index is 933. The molecule has 128 valence electrons. The van der Waals surface area contributed by atoms with Gasteiger partial charge in [-0.25, -0.2) is 0 Å². The van der Waals surface area contributed by atoms with Crippen molar-refractivity contribution < 1.29 is 9.90 Å². The number of hydrogen-bond acceptors (Lipinski definition) is 2. The SMILES string of the molecule is Cc1cccc(O)c1C(NC(=O)c1cc2cccc(C)c2[nH]1)C1CC1. The van der Waals surface area contributed by atoms with Crippen LogP contribution in [0.2, 0.25) is 0 Å². The summed E-state index contributed by atoms with van der Waals surface area (Å²) in [6, 6.07) is 13.3. The Hall–Kier alpha value is -2.75. The third kappa shape index (κ3) is 2.88. The van der Waals surface area contributed by atoms with Gasteiger partial charge in [-0.1, -0.05) is 30.3 Å². The number of benzene rings is 2. The molecule has 4 nitrogen and oxygen atoms in total. The highest BCUT2D eigenvalue weighted by molar-refractivity contribution is 5.98. The Labute approximate surface area is 146 Å². The predicted molar refractivity (Wildman–Crippen MR) is 98.8 cm³/mol. The second kappa shape index (κ2) is 5.96. The van der Waals surface area contributed by atoms with Crippen molar-refractivity contribution in [3.63, 3.8) is 0 Å².